The van der Waals surface area contributed by atoms with Gasteiger partial charge < -0.3 is 14.9 Å². The van der Waals surface area contributed by atoms with E-state index in [1.807, 2.05) is 6.92 Å². The molecule has 0 aromatic heterocycles. The molecule has 17 heavy (non-hydrogen) atoms. The fourth-order valence-corrected chi connectivity index (χ4v) is 1.50. The molecule has 0 saturated carbocycles. The summed E-state index contributed by atoms with van der Waals surface area (Å²) < 4.78 is 5.46. The third-order valence-corrected chi connectivity index (χ3v) is 2.43. The highest BCUT2D eigenvalue weighted by atomic mass is 16.5. The van der Waals surface area contributed by atoms with Crippen LogP contribution in [0.3, 0.4) is 0 Å². The van der Waals surface area contributed by atoms with E-state index in [9.17, 15) is 4.79 Å². The van der Waals surface area contributed by atoms with Gasteiger partial charge in [-0.15, -0.1) is 0 Å². The average Bonchev–Trinajstić information content (AvgIpc) is 2.28. The highest BCUT2D eigenvalue weighted by Crippen LogP contribution is 2.20. The number of benzene rings is 1. The number of hydrogen-bond donors (Lipinski definition) is 2. The molecule has 4 nitrogen and oxygen atoms in total. The molecule has 4 heteroatoms. The van der Waals surface area contributed by atoms with Crippen LogP contribution in [-0.4, -0.2) is 29.4 Å². The second-order valence-electron chi connectivity index (χ2n) is 3.94. The number of aryl methyl sites for hydroxylation is 1. The van der Waals surface area contributed by atoms with Gasteiger partial charge in [0, 0.05) is 6.61 Å². The van der Waals surface area contributed by atoms with E-state index in [2.05, 4.69) is 0 Å². The van der Waals surface area contributed by atoms with E-state index in [0.29, 0.717) is 12.4 Å². The van der Waals surface area contributed by atoms with Crippen LogP contribution in [0.25, 0.3) is 0 Å². The predicted octanol–water partition coefficient (Wildman–Crippen LogP) is 2.23. The number of rotatable bonds is 7. The van der Waals surface area contributed by atoms with Crippen molar-refractivity contribution in [3.05, 3.63) is 29.3 Å². The van der Waals surface area contributed by atoms with Crippen LogP contribution in [0, 0.1) is 6.92 Å². The largest absolute Gasteiger partial charge is 0.493 e. The molecule has 0 amide bonds. The number of carboxylic acids is 1. The van der Waals surface area contributed by atoms with Crippen molar-refractivity contribution in [1.29, 1.82) is 0 Å². The van der Waals surface area contributed by atoms with Crippen LogP contribution in [-0.2, 0) is 0 Å². The Morgan fingerprint density at radius 3 is 2.71 bits per heavy atom. The number of aliphatic hydroxyl groups is 1. The number of aliphatic hydroxyl groups excluding tert-OH is 1. The van der Waals surface area contributed by atoms with E-state index in [0.717, 1.165) is 24.8 Å². The van der Waals surface area contributed by atoms with E-state index in [4.69, 9.17) is 14.9 Å². The van der Waals surface area contributed by atoms with Gasteiger partial charge in [-0.2, -0.15) is 0 Å². The van der Waals surface area contributed by atoms with E-state index >= 15 is 0 Å². The van der Waals surface area contributed by atoms with Crippen LogP contribution in [0.5, 0.6) is 5.75 Å². The number of hydrogen-bond acceptors (Lipinski definition) is 3. The molecule has 0 aliphatic rings. The Morgan fingerprint density at radius 2 is 2.06 bits per heavy atom. The summed E-state index contributed by atoms with van der Waals surface area (Å²) in [6, 6.07) is 5.04. The van der Waals surface area contributed by atoms with Gasteiger partial charge in [0.15, 0.2) is 0 Å². The van der Waals surface area contributed by atoms with Gasteiger partial charge in [0.05, 0.1) is 6.61 Å². The van der Waals surface area contributed by atoms with Gasteiger partial charge in [-0.25, -0.2) is 4.79 Å². The number of ether oxygens (including phenoxy) is 1. The molecule has 0 atom stereocenters. The molecule has 0 heterocycles. The monoisotopic (exact) mass is 238 g/mol. The highest BCUT2D eigenvalue weighted by molar-refractivity contribution is 5.90. The van der Waals surface area contributed by atoms with Gasteiger partial charge in [-0.3, -0.25) is 0 Å². The Hall–Kier alpha value is -1.55. The minimum Gasteiger partial charge on any atom is -0.493 e. The van der Waals surface area contributed by atoms with Gasteiger partial charge in [0.25, 0.3) is 0 Å². The maximum atomic E-state index is 11.0. The van der Waals surface area contributed by atoms with Gasteiger partial charge >= 0.3 is 5.97 Å². The number of carboxylic acid groups (broad SMARTS) is 1. The molecule has 1 aromatic rings. The molecule has 0 fully saturated rings. The van der Waals surface area contributed by atoms with Crippen molar-refractivity contribution < 1.29 is 19.7 Å². The lowest BCUT2D eigenvalue weighted by molar-refractivity contribution is 0.0692. The first-order valence-corrected chi connectivity index (χ1v) is 5.72. The first kappa shape index (κ1) is 13.5. The molecule has 0 spiro atoms. The van der Waals surface area contributed by atoms with Crippen LogP contribution in [0.4, 0.5) is 0 Å². The molecule has 0 unspecified atom stereocenters. The van der Waals surface area contributed by atoms with Crippen LogP contribution < -0.4 is 4.74 Å². The summed E-state index contributed by atoms with van der Waals surface area (Å²) in [6.07, 6.45) is 2.45. The Balaban J connectivity index is 2.56. The fourth-order valence-electron chi connectivity index (χ4n) is 1.50. The zero-order valence-corrected chi connectivity index (χ0v) is 9.98. The number of aromatic carboxylic acids is 1. The van der Waals surface area contributed by atoms with E-state index in [1.165, 1.54) is 0 Å². The maximum absolute atomic E-state index is 11.0. The lowest BCUT2D eigenvalue weighted by atomic mass is 10.1. The molecule has 0 aliphatic carbocycles. The van der Waals surface area contributed by atoms with E-state index in [1.54, 1.807) is 18.2 Å². The summed E-state index contributed by atoms with van der Waals surface area (Å²) in [4.78, 5) is 11.0. The maximum Gasteiger partial charge on any atom is 0.339 e. The van der Waals surface area contributed by atoms with E-state index < -0.39 is 5.97 Å². The number of unbranched alkanes of at least 4 members (excludes halogenated alkanes) is 2. The third kappa shape index (κ3) is 4.44. The average molecular weight is 238 g/mol. The minimum absolute atomic E-state index is 0.185. The van der Waals surface area contributed by atoms with Gasteiger partial charge in [0.1, 0.15) is 11.3 Å². The summed E-state index contributed by atoms with van der Waals surface area (Å²) in [5.41, 5.74) is 1.16. The zero-order chi connectivity index (χ0) is 12.7. The standard InChI is InChI=1S/C13H18O4/c1-10-5-6-11(13(15)16)12(9-10)17-8-4-2-3-7-14/h5-6,9,14H,2-4,7-8H2,1H3,(H,15,16). The summed E-state index contributed by atoms with van der Waals surface area (Å²) in [7, 11) is 0. The van der Waals surface area contributed by atoms with Crippen LogP contribution >= 0.6 is 0 Å². The zero-order valence-electron chi connectivity index (χ0n) is 9.98. The van der Waals surface area contributed by atoms with Gasteiger partial charge in [0.2, 0.25) is 0 Å². The normalized spacial score (nSPS) is 10.2. The molecule has 1 aromatic carbocycles. The quantitative estimate of drug-likeness (QED) is 0.715. The Bertz CT molecular complexity index is 374. The molecule has 2 N–H and O–H groups in total. The molecule has 0 aliphatic heterocycles. The summed E-state index contributed by atoms with van der Waals surface area (Å²) in [5.74, 6) is -0.558. The first-order valence-electron chi connectivity index (χ1n) is 5.72. The Labute approximate surface area is 101 Å². The summed E-state index contributed by atoms with van der Waals surface area (Å²) in [6.45, 7) is 2.55. The number of carbonyl (C=O) groups is 1. The van der Waals surface area contributed by atoms with Crippen molar-refractivity contribution in [2.24, 2.45) is 0 Å². The van der Waals surface area contributed by atoms with Crippen molar-refractivity contribution >= 4 is 5.97 Å². The molecular formula is C13H18O4. The van der Waals surface area contributed by atoms with Crippen molar-refractivity contribution in [3.8, 4) is 5.75 Å². The Morgan fingerprint density at radius 1 is 1.29 bits per heavy atom. The Kier molecular flexibility index (Phi) is 5.49. The summed E-state index contributed by atoms with van der Waals surface area (Å²) in [5, 5.41) is 17.6. The molecule has 94 valence electrons. The highest BCUT2D eigenvalue weighted by Gasteiger charge is 2.10. The lowest BCUT2D eigenvalue weighted by Gasteiger charge is -2.09. The second kappa shape index (κ2) is 6.91. The molecular weight excluding hydrogens is 220 g/mol. The topological polar surface area (TPSA) is 66.8 Å². The van der Waals surface area contributed by atoms with Gasteiger partial charge in [-0.1, -0.05) is 6.07 Å². The first-order chi connectivity index (χ1) is 8.15. The third-order valence-electron chi connectivity index (χ3n) is 2.43. The molecule has 0 radical (unpaired) electrons. The smallest absolute Gasteiger partial charge is 0.339 e. The van der Waals surface area contributed by atoms with E-state index in [-0.39, 0.29) is 12.2 Å². The SMILES string of the molecule is Cc1ccc(C(=O)O)c(OCCCCCO)c1. The lowest BCUT2D eigenvalue weighted by Crippen LogP contribution is -2.05. The van der Waals surface area contributed by atoms with Crippen molar-refractivity contribution in [2.75, 3.05) is 13.2 Å². The molecule has 0 saturated heterocycles. The van der Waals surface area contributed by atoms with Crippen LogP contribution in [0.2, 0.25) is 0 Å². The van der Waals surface area contributed by atoms with Crippen LogP contribution in [0.1, 0.15) is 35.2 Å². The van der Waals surface area contributed by atoms with Crippen molar-refractivity contribution in [2.45, 2.75) is 26.2 Å². The molecule has 0 bridgehead atoms. The van der Waals surface area contributed by atoms with Crippen molar-refractivity contribution in [3.63, 3.8) is 0 Å². The van der Waals surface area contributed by atoms with Crippen LogP contribution in [0.15, 0.2) is 18.2 Å². The fraction of sp³-hybridized carbons (Fsp3) is 0.462. The second-order valence-corrected chi connectivity index (χ2v) is 3.94. The summed E-state index contributed by atoms with van der Waals surface area (Å²) >= 11 is 0. The van der Waals surface area contributed by atoms with Gasteiger partial charge in [-0.05, 0) is 43.9 Å². The van der Waals surface area contributed by atoms with Crippen molar-refractivity contribution in [1.82, 2.24) is 0 Å². The minimum atomic E-state index is -0.977. The molecule has 1 rings (SSSR count). The predicted molar refractivity (Wildman–Crippen MR) is 64.6 cm³/mol.